The molecule has 1 aliphatic rings. The Morgan fingerprint density at radius 3 is 2.40 bits per heavy atom. The topological polar surface area (TPSA) is 126 Å². The van der Waals surface area contributed by atoms with Gasteiger partial charge in [0.15, 0.2) is 0 Å². The third kappa shape index (κ3) is 7.96. The molecule has 0 atom stereocenters. The summed E-state index contributed by atoms with van der Waals surface area (Å²) in [5.74, 6) is -0.00815. The average molecular weight is 571 g/mol. The van der Waals surface area contributed by atoms with Gasteiger partial charge in [-0.2, -0.15) is 4.31 Å². The average Bonchev–Trinajstić information content (AvgIpc) is 2.91. The van der Waals surface area contributed by atoms with Crippen LogP contribution in [0.1, 0.15) is 33.6 Å². The van der Waals surface area contributed by atoms with E-state index in [-0.39, 0.29) is 29.8 Å². The molecule has 0 unspecified atom stereocenters. The summed E-state index contributed by atoms with van der Waals surface area (Å²) in [6.07, 6.45) is 2.35. The highest BCUT2D eigenvalue weighted by Gasteiger charge is 2.32. The molecule has 12 heteroatoms. The fraction of sp³-hybridized carbons (Fsp3) is 0.393. The van der Waals surface area contributed by atoms with Gasteiger partial charge in [-0.1, -0.05) is 0 Å². The number of rotatable bonds is 9. The number of ether oxygens (including phenoxy) is 1. The first kappa shape index (κ1) is 29.4. The standard InChI is InChI=1S/C28H35FN6O4S/c1-28(2,3)39-27(36)32-18-19-35(23-12-15-30-16-13-23)40(37,38)24-10-8-22(9-11-24)33-26-31-17-14-25(34-26)20-4-6-21(29)7-5-20/h4-11,14,17,23,30H,12-13,15-16,18-19H2,1-3H3,(H,32,36)(H,31,33,34). The first-order valence-corrected chi connectivity index (χ1v) is 14.6. The van der Waals surface area contributed by atoms with Gasteiger partial charge in [-0.3, -0.25) is 0 Å². The maximum atomic E-state index is 13.7. The maximum absolute atomic E-state index is 13.7. The highest BCUT2D eigenvalue weighted by molar-refractivity contribution is 7.89. The van der Waals surface area contributed by atoms with E-state index in [0.29, 0.717) is 30.2 Å². The van der Waals surface area contributed by atoms with Crippen LogP contribution in [0.15, 0.2) is 65.7 Å². The normalized spacial score (nSPS) is 14.6. The Morgan fingerprint density at radius 2 is 1.75 bits per heavy atom. The molecule has 3 aromatic rings. The zero-order valence-corrected chi connectivity index (χ0v) is 23.7. The molecule has 0 spiro atoms. The summed E-state index contributed by atoms with van der Waals surface area (Å²) in [7, 11) is -3.85. The van der Waals surface area contributed by atoms with E-state index >= 15 is 0 Å². The molecule has 40 heavy (non-hydrogen) atoms. The SMILES string of the molecule is CC(C)(C)OC(=O)NCCN(C1CCNCC1)S(=O)(=O)c1ccc(Nc2nccc(-c3ccc(F)cc3)n2)cc1. The van der Waals surface area contributed by atoms with Crippen molar-refractivity contribution in [3.63, 3.8) is 0 Å². The van der Waals surface area contributed by atoms with Gasteiger partial charge in [0, 0.05) is 36.6 Å². The lowest BCUT2D eigenvalue weighted by Gasteiger charge is -2.34. The van der Waals surface area contributed by atoms with Gasteiger partial charge >= 0.3 is 6.09 Å². The number of amides is 1. The highest BCUT2D eigenvalue weighted by atomic mass is 32.2. The maximum Gasteiger partial charge on any atom is 0.407 e. The van der Waals surface area contributed by atoms with E-state index in [2.05, 4.69) is 25.9 Å². The van der Waals surface area contributed by atoms with Crippen LogP contribution in [0, 0.1) is 5.82 Å². The molecule has 1 fully saturated rings. The second-order valence-corrected chi connectivity index (χ2v) is 12.3. The van der Waals surface area contributed by atoms with E-state index in [1.165, 1.54) is 28.6 Å². The molecule has 4 rings (SSSR count). The zero-order chi connectivity index (χ0) is 28.8. The van der Waals surface area contributed by atoms with Crippen molar-refractivity contribution in [2.75, 3.05) is 31.5 Å². The molecule has 10 nitrogen and oxygen atoms in total. The van der Waals surface area contributed by atoms with Gasteiger partial charge in [0.25, 0.3) is 0 Å². The van der Waals surface area contributed by atoms with E-state index in [0.717, 1.165) is 18.7 Å². The molecule has 1 aliphatic heterocycles. The fourth-order valence-electron chi connectivity index (χ4n) is 4.35. The number of benzene rings is 2. The molecule has 3 N–H and O–H groups in total. The predicted molar refractivity (Wildman–Crippen MR) is 151 cm³/mol. The number of anilines is 2. The fourth-order valence-corrected chi connectivity index (χ4v) is 6.04. The van der Waals surface area contributed by atoms with E-state index in [9.17, 15) is 17.6 Å². The lowest BCUT2D eigenvalue weighted by Crippen LogP contribution is -2.49. The summed E-state index contributed by atoms with van der Waals surface area (Å²) in [6, 6.07) is 13.9. The number of hydrogen-bond donors (Lipinski definition) is 3. The predicted octanol–water partition coefficient (Wildman–Crippen LogP) is 4.29. The number of aromatic nitrogens is 2. The third-order valence-electron chi connectivity index (χ3n) is 6.23. The molecule has 0 radical (unpaired) electrons. The van der Waals surface area contributed by atoms with Crippen LogP contribution in [0.5, 0.6) is 0 Å². The molecule has 0 aliphatic carbocycles. The number of carbonyl (C=O) groups is 1. The first-order chi connectivity index (χ1) is 19.0. The summed E-state index contributed by atoms with van der Waals surface area (Å²) in [5, 5.41) is 9.01. The van der Waals surface area contributed by atoms with Crippen LogP contribution < -0.4 is 16.0 Å². The van der Waals surface area contributed by atoms with E-state index in [1.807, 2.05) is 0 Å². The Bertz CT molecular complexity index is 1390. The Balaban J connectivity index is 1.46. The molecule has 0 bridgehead atoms. The van der Waals surface area contributed by atoms with Gasteiger partial charge < -0.3 is 20.7 Å². The minimum absolute atomic E-state index is 0.121. The van der Waals surface area contributed by atoms with Gasteiger partial charge in [0.05, 0.1) is 10.6 Å². The van der Waals surface area contributed by atoms with Crippen LogP contribution in [-0.4, -0.2) is 66.6 Å². The van der Waals surface area contributed by atoms with E-state index < -0.39 is 21.7 Å². The van der Waals surface area contributed by atoms with Gasteiger partial charge in [-0.15, -0.1) is 0 Å². The molecular formula is C28H35FN6O4S. The molecule has 1 aromatic heterocycles. The number of nitrogens with one attached hydrogen (secondary N) is 3. The summed E-state index contributed by atoms with van der Waals surface area (Å²) in [6.45, 7) is 6.99. The molecule has 0 saturated carbocycles. The molecule has 1 amide bonds. The summed E-state index contributed by atoms with van der Waals surface area (Å²) in [4.78, 5) is 21.0. The lowest BCUT2D eigenvalue weighted by molar-refractivity contribution is 0.0523. The van der Waals surface area contributed by atoms with E-state index in [4.69, 9.17) is 4.74 Å². The van der Waals surface area contributed by atoms with Gasteiger partial charge in [-0.05, 0) is 101 Å². The number of hydrogen-bond acceptors (Lipinski definition) is 8. The quantitative estimate of drug-likeness (QED) is 0.348. The monoisotopic (exact) mass is 570 g/mol. The van der Waals surface area contributed by atoms with Crippen molar-refractivity contribution in [2.45, 2.75) is 50.2 Å². The number of sulfonamides is 1. The Morgan fingerprint density at radius 1 is 1.07 bits per heavy atom. The lowest BCUT2D eigenvalue weighted by atomic mass is 10.1. The number of carbonyl (C=O) groups excluding carboxylic acids is 1. The Kier molecular flexibility index (Phi) is 9.33. The third-order valence-corrected chi connectivity index (χ3v) is 8.20. The number of alkyl carbamates (subject to hydrolysis) is 1. The van der Waals surface area contributed by atoms with Crippen LogP contribution in [0.25, 0.3) is 11.3 Å². The smallest absolute Gasteiger partial charge is 0.407 e. The highest BCUT2D eigenvalue weighted by Crippen LogP contribution is 2.25. The molecule has 1 saturated heterocycles. The zero-order valence-electron chi connectivity index (χ0n) is 22.9. The number of piperidine rings is 1. The summed E-state index contributed by atoms with van der Waals surface area (Å²) >= 11 is 0. The van der Waals surface area contributed by atoms with Crippen molar-refractivity contribution < 1.29 is 22.3 Å². The molecular weight excluding hydrogens is 535 g/mol. The Labute approximate surface area is 234 Å². The second kappa shape index (κ2) is 12.7. The number of nitrogens with zero attached hydrogens (tertiary/aromatic N) is 3. The van der Waals surface area contributed by atoms with Gasteiger partial charge in [-0.25, -0.2) is 27.6 Å². The van der Waals surface area contributed by atoms with Crippen molar-refractivity contribution in [1.82, 2.24) is 24.9 Å². The van der Waals surface area contributed by atoms with Gasteiger partial charge in [0.2, 0.25) is 16.0 Å². The van der Waals surface area contributed by atoms with Gasteiger partial charge in [0.1, 0.15) is 11.4 Å². The summed E-state index contributed by atoms with van der Waals surface area (Å²) < 4.78 is 47.5. The minimum Gasteiger partial charge on any atom is -0.444 e. The van der Waals surface area contributed by atoms with Crippen LogP contribution in [0.4, 0.5) is 20.8 Å². The first-order valence-electron chi connectivity index (χ1n) is 13.2. The van der Waals surface area contributed by atoms with Crippen LogP contribution >= 0.6 is 0 Å². The molecule has 214 valence electrons. The van der Waals surface area contributed by atoms with Crippen LogP contribution in [0.2, 0.25) is 0 Å². The largest absolute Gasteiger partial charge is 0.444 e. The van der Waals surface area contributed by atoms with Crippen molar-refractivity contribution in [3.05, 3.63) is 66.6 Å². The second-order valence-electron chi connectivity index (χ2n) is 10.4. The summed E-state index contributed by atoms with van der Waals surface area (Å²) in [5.41, 5.74) is 1.32. The van der Waals surface area contributed by atoms with Crippen LogP contribution in [0.3, 0.4) is 0 Å². The minimum atomic E-state index is -3.85. The van der Waals surface area contributed by atoms with Crippen molar-refractivity contribution in [3.8, 4) is 11.3 Å². The molecule has 2 heterocycles. The van der Waals surface area contributed by atoms with Crippen molar-refractivity contribution in [1.29, 1.82) is 0 Å². The van der Waals surface area contributed by atoms with Crippen molar-refractivity contribution >= 4 is 27.8 Å². The van der Waals surface area contributed by atoms with Crippen LogP contribution in [-0.2, 0) is 14.8 Å². The number of halogens is 1. The van der Waals surface area contributed by atoms with E-state index in [1.54, 1.807) is 57.3 Å². The Hall–Kier alpha value is -3.61. The van der Waals surface area contributed by atoms with Crippen molar-refractivity contribution in [2.24, 2.45) is 0 Å². The molecule has 2 aromatic carbocycles.